The lowest BCUT2D eigenvalue weighted by molar-refractivity contribution is 0.113. The van der Waals surface area contributed by atoms with Crippen LogP contribution >= 0.6 is 0 Å². The number of rotatable bonds is 7. The van der Waals surface area contributed by atoms with Crippen LogP contribution in [0.2, 0.25) is 0 Å². The van der Waals surface area contributed by atoms with Crippen molar-refractivity contribution in [3.8, 4) is 6.07 Å². The molecule has 0 aliphatic rings. The monoisotopic (exact) mass is 236 g/mol. The Labute approximate surface area is 101 Å². The van der Waals surface area contributed by atoms with E-state index in [1.165, 1.54) is 0 Å². The topological polar surface area (TPSA) is 59.0 Å². The third-order valence-corrected chi connectivity index (χ3v) is 2.48. The van der Waals surface area contributed by atoms with Gasteiger partial charge in [0.25, 0.3) is 0 Å². The number of benzene rings is 1. The highest BCUT2D eigenvalue weighted by Crippen LogP contribution is 2.10. The number of ether oxygens (including phenoxy) is 1. The fourth-order valence-corrected chi connectivity index (χ4v) is 1.41. The van der Waals surface area contributed by atoms with Gasteiger partial charge in [0, 0.05) is 6.61 Å². The van der Waals surface area contributed by atoms with E-state index in [-0.39, 0.29) is 0 Å². The number of nitrogens with two attached hydrogens (primary N) is 1. The molecule has 0 amide bonds. The normalized spacial score (nSPS) is 13.9. The lowest BCUT2D eigenvalue weighted by Crippen LogP contribution is -2.40. The Morgan fingerprint density at radius 2 is 2.06 bits per heavy atom. The van der Waals surface area contributed by atoms with E-state index in [2.05, 4.69) is 0 Å². The van der Waals surface area contributed by atoms with E-state index < -0.39 is 12.2 Å². The van der Waals surface area contributed by atoms with Crippen LogP contribution in [0.15, 0.2) is 30.3 Å². The van der Waals surface area contributed by atoms with Crippen LogP contribution < -0.4 is 5.73 Å². The zero-order chi connectivity index (χ0) is 12.6. The van der Waals surface area contributed by atoms with Gasteiger partial charge in [-0.2, -0.15) is 5.26 Å². The van der Waals surface area contributed by atoms with Crippen LogP contribution in [0, 0.1) is 11.3 Å². The molecule has 1 aromatic carbocycles. The van der Waals surface area contributed by atoms with E-state index in [9.17, 15) is 4.39 Å². The number of nitrogens with zero attached hydrogens (tertiary/aromatic N) is 1. The van der Waals surface area contributed by atoms with Gasteiger partial charge < -0.3 is 10.5 Å². The molecule has 0 saturated heterocycles. The largest absolute Gasteiger partial charge is 0.377 e. The van der Waals surface area contributed by atoms with Crippen LogP contribution in [-0.4, -0.2) is 18.8 Å². The quantitative estimate of drug-likeness (QED) is 0.738. The third kappa shape index (κ3) is 4.94. The van der Waals surface area contributed by atoms with E-state index >= 15 is 0 Å². The van der Waals surface area contributed by atoms with E-state index in [1.807, 2.05) is 30.3 Å². The fourth-order valence-electron chi connectivity index (χ4n) is 1.41. The second kappa shape index (κ2) is 7.00. The number of hydrogen-bond donors (Lipinski definition) is 1. The minimum absolute atomic E-state index is 0.314. The van der Waals surface area contributed by atoms with Gasteiger partial charge in [-0.25, -0.2) is 4.39 Å². The fraction of sp³-hybridized carbons (Fsp3) is 0.462. The zero-order valence-electron chi connectivity index (χ0n) is 9.73. The maximum absolute atomic E-state index is 12.4. The lowest BCUT2D eigenvalue weighted by atomic mass is 9.99. The van der Waals surface area contributed by atoms with Crippen LogP contribution in [0.4, 0.5) is 4.39 Å². The Hall–Kier alpha value is -1.44. The molecule has 1 unspecified atom stereocenters. The summed E-state index contributed by atoms with van der Waals surface area (Å²) in [6, 6.07) is 11.6. The molecule has 0 saturated carbocycles. The molecular weight excluding hydrogens is 219 g/mol. The number of halogens is 1. The second-order valence-corrected chi connectivity index (χ2v) is 4.04. The van der Waals surface area contributed by atoms with Gasteiger partial charge in [-0.15, -0.1) is 0 Å². The Kier molecular flexibility index (Phi) is 5.61. The van der Waals surface area contributed by atoms with E-state index in [0.29, 0.717) is 26.1 Å². The van der Waals surface area contributed by atoms with Crippen LogP contribution in [0.1, 0.15) is 18.4 Å². The van der Waals surface area contributed by atoms with Crippen LogP contribution in [0.3, 0.4) is 0 Å². The molecule has 0 aromatic heterocycles. The number of hydrogen-bond acceptors (Lipinski definition) is 3. The van der Waals surface area contributed by atoms with E-state index in [0.717, 1.165) is 5.56 Å². The van der Waals surface area contributed by atoms with Gasteiger partial charge in [-0.1, -0.05) is 30.3 Å². The molecule has 1 atom stereocenters. The Morgan fingerprint density at radius 1 is 1.35 bits per heavy atom. The summed E-state index contributed by atoms with van der Waals surface area (Å²) in [4.78, 5) is 0. The average Bonchev–Trinajstić information content (AvgIpc) is 2.39. The Balaban J connectivity index is 2.16. The minimum Gasteiger partial charge on any atom is -0.377 e. The molecule has 1 rings (SSSR count). The molecule has 0 fully saturated rings. The predicted octanol–water partition coefficient (Wildman–Crippen LogP) is 2.17. The van der Waals surface area contributed by atoms with Gasteiger partial charge in [0.05, 0.1) is 12.7 Å². The molecule has 0 aliphatic heterocycles. The average molecular weight is 236 g/mol. The summed E-state index contributed by atoms with van der Waals surface area (Å²) in [5, 5.41) is 8.66. The summed E-state index contributed by atoms with van der Waals surface area (Å²) in [5.74, 6) is 0. The molecule has 17 heavy (non-hydrogen) atoms. The van der Waals surface area contributed by atoms with Gasteiger partial charge in [0.1, 0.15) is 12.2 Å². The maximum atomic E-state index is 12.4. The van der Waals surface area contributed by atoms with Crippen molar-refractivity contribution in [1.29, 1.82) is 5.26 Å². The highest BCUT2D eigenvalue weighted by molar-refractivity contribution is 5.13. The standard InChI is InChI=1S/C13H17FN2O/c14-10-13(16,11-15)7-4-8-17-9-12-5-2-1-3-6-12/h1-3,5-6H,4,7-10,16H2. The Bertz CT molecular complexity index is 363. The van der Waals surface area contributed by atoms with Crippen LogP contribution in [0.25, 0.3) is 0 Å². The summed E-state index contributed by atoms with van der Waals surface area (Å²) in [6.45, 7) is 0.193. The second-order valence-electron chi connectivity index (χ2n) is 4.04. The molecule has 92 valence electrons. The van der Waals surface area contributed by atoms with Crippen molar-refractivity contribution in [3.05, 3.63) is 35.9 Å². The molecule has 2 N–H and O–H groups in total. The molecule has 0 aliphatic carbocycles. The molecule has 1 aromatic rings. The van der Waals surface area contributed by atoms with Crippen molar-refractivity contribution in [3.63, 3.8) is 0 Å². The summed E-state index contributed by atoms with van der Waals surface area (Å²) in [5.41, 5.74) is 5.24. The van der Waals surface area contributed by atoms with Gasteiger partial charge in [-0.05, 0) is 18.4 Å². The first-order valence-corrected chi connectivity index (χ1v) is 5.58. The number of nitriles is 1. The molecule has 0 heterocycles. The maximum Gasteiger partial charge on any atom is 0.132 e. The van der Waals surface area contributed by atoms with Crippen molar-refractivity contribution in [2.45, 2.75) is 25.0 Å². The molecular formula is C13H17FN2O. The van der Waals surface area contributed by atoms with Crippen molar-refractivity contribution in [1.82, 2.24) is 0 Å². The smallest absolute Gasteiger partial charge is 0.132 e. The summed E-state index contributed by atoms with van der Waals surface area (Å²) in [7, 11) is 0. The van der Waals surface area contributed by atoms with Crippen molar-refractivity contribution < 1.29 is 9.13 Å². The summed E-state index contributed by atoms with van der Waals surface area (Å²) in [6.07, 6.45) is 0.898. The van der Waals surface area contributed by atoms with Crippen LogP contribution in [0.5, 0.6) is 0 Å². The SMILES string of the molecule is N#CC(N)(CF)CCCOCc1ccccc1. The van der Waals surface area contributed by atoms with Crippen LogP contribution in [-0.2, 0) is 11.3 Å². The first-order chi connectivity index (χ1) is 8.20. The lowest BCUT2D eigenvalue weighted by Gasteiger charge is -2.16. The van der Waals surface area contributed by atoms with Crippen molar-refractivity contribution in [2.24, 2.45) is 5.73 Å². The minimum atomic E-state index is -1.35. The highest BCUT2D eigenvalue weighted by atomic mass is 19.1. The highest BCUT2D eigenvalue weighted by Gasteiger charge is 2.23. The molecule has 4 heteroatoms. The van der Waals surface area contributed by atoms with E-state index in [4.69, 9.17) is 15.7 Å². The summed E-state index contributed by atoms with van der Waals surface area (Å²) < 4.78 is 17.8. The molecule has 0 bridgehead atoms. The van der Waals surface area contributed by atoms with Crippen molar-refractivity contribution in [2.75, 3.05) is 13.3 Å². The van der Waals surface area contributed by atoms with Gasteiger partial charge in [0.2, 0.25) is 0 Å². The van der Waals surface area contributed by atoms with E-state index in [1.54, 1.807) is 6.07 Å². The zero-order valence-corrected chi connectivity index (χ0v) is 9.73. The molecule has 0 radical (unpaired) electrons. The predicted molar refractivity (Wildman–Crippen MR) is 63.8 cm³/mol. The van der Waals surface area contributed by atoms with Gasteiger partial charge in [-0.3, -0.25) is 0 Å². The number of alkyl halides is 1. The Morgan fingerprint density at radius 3 is 2.65 bits per heavy atom. The molecule has 0 spiro atoms. The summed E-state index contributed by atoms with van der Waals surface area (Å²) >= 11 is 0. The first kappa shape index (κ1) is 13.6. The van der Waals surface area contributed by atoms with Gasteiger partial charge >= 0.3 is 0 Å². The third-order valence-electron chi connectivity index (χ3n) is 2.48. The first-order valence-electron chi connectivity index (χ1n) is 5.58. The van der Waals surface area contributed by atoms with Gasteiger partial charge in [0.15, 0.2) is 0 Å². The van der Waals surface area contributed by atoms with Crippen molar-refractivity contribution >= 4 is 0 Å². The molecule has 3 nitrogen and oxygen atoms in total.